The third-order valence-corrected chi connectivity index (χ3v) is 6.02. The number of fused-ring (bicyclic) bond motifs is 3. The van der Waals surface area contributed by atoms with Crippen molar-refractivity contribution in [3.8, 4) is 23.0 Å². The first-order valence-corrected chi connectivity index (χ1v) is 9.35. The summed E-state index contributed by atoms with van der Waals surface area (Å²) in [5.41, 5.74) is 1.76. The van der Waals surface area contributed by atoms with E-state index in [1.165, 1.54) is 32.2 Å². The van der Waals surface area contributed by atoms with Gasteiger partial charge >= 0.3 is 0 Å². The number of aryl methyl sites for hydroxylation is 1. The van der Waals surface area contributed by atoms with Crippen LogP contribution in [0.4, 0.5) is 0 Å². The average molecular weight is 361 g/mol. The Labute approximate surface area is 151 Å². The van der Waals surface area contributed by atoms with Gasteiger partial charge in [0.2, 0.25) is 12.7 Å². The van der Waals surface area contributed by atoms with Gasteiger partial charge in [0.25, 0.3) is 0 Å². The first kappa shape index (κ1) is 15.5. The molecule has 5 rings (SSSR count). The van der Waals surface area contributed by atoms with Crippen LogP contribution in [0.3, 0.4) is 0 Å². The topological polar surface area (TPSA) is 47.7 Å². The largest absolute Gasteiger partial charge is 0.454 e. The van der Waals surface area contributed by atoms with E-state index < -0.39 is 0 Å². The number of ether oxygens (including phenoxy) is 2. The monoisotopic (exact) mass is 360 g/mol. The molecule has 2 aromatic rings. The van der Waals surface area contributed by atoms with E-state index in [2.05, 4.69) is 4.90 Å². The molecule has 0 amide bonds. The summed E-state index contributed by atoms with van der Waals surface area (Å²) in [6.45, 7) is 4.26. The molecule has 1 saturated carbocycles. The van der Waals surface area contributed by atoms with Crippen LogP contribution in [0.1, 0.15) is 37.1 Å². The first-order valence-electron chi connectivity index (χ1n) is 8.97. The Morgan fingerprint density at radius 1 is 1.24 bits per heavy atom. The highest BCUT2D eigenvalue weighted by atomic mass is 35.5. The maximum atomic E-state index is 6.40. The van der Waals surface area contributed by atoms with Gasteiger partial charge in [-0.3, -0.25) is 4.90 Å². The van der Waals surface area contributed by atoms with Crippen molar-refractivity contribution in [2.45, 2.75) is 45.2 Å². The van der Waals surface area contributed by atoms with Crippen LogP contribution in [0.25, 0.3) is 11.5 Å². The van der Waals surface area contributed by atoms with Crippen molar-refractivity contribution in [1.29, 1.82) is 0 Å². The molecule has 132 valence electrons. The second-order valence-electron chi connectivity index (χ2n) is 7.32. The molecule has 0 spiro atoms. The molecule has 1 aromatic heterocycles. The van der Waals surface area contributed by atoms with E-state index in [0.717, 1.165) is 29.5 Å². The molecule has 3 heterocycles. The molecule has 1 saturated heterocycles. The second kappa shape index (κ2) is 5.92. The van der Waals surface area contributed by atoms with Crippen molar-refractivity contribution >= 4 is 11.6 Å². The summed E-state index contributed by atoms with van der Waals surface area (Å²) in [5, 5.41) is 0.564. The van der Waals surface area contributed by atoms with Crippen LogP contribution in [0, 0.1) is 12.8 Å². The van der Waals surface area contributed by atoms with Crippen LogP contribution in [0.2, 0.25) is 5.02 Å². The summed E-state index contributed by atoms with van der Waals surface area (Å²) in [4.78, 5) is 7.33. The van der Waals surface area contributed by atoms with Crippen LogP contribution < -0.4 is 9.47 Å². The normalized spacial score (nSPS) is 24.9. The van der Waals surface area contributed by atoms with Crippen LogP contribution in [-0.4, -0.2) is 29.3 Å². The SMILES string of the molecule is Cc1oc(-c2cc3c(cc2Cl)OCO3)nc1CN1C[C@@H]2CCC[C@H]1C2. The number of nitrogens with zero attached hydrogens (tertiary/aromatic N) is 2. The number of likely N-dealkylation sites (tertiary alicyclic amines) is 1. The summed E-state index contributed by atoms with van der Waals surface area (Å²) in [5.74, 6) is 3.64. The Morgan fingerprint density at radius 2 is 2.08 bits per heavy atom. The minimum Gasteiger partial charge on any atom is -0.454 e. The Bertz CT molecular complexity index is 819. The molecule has 25 heavy (non-hydrogen) atoms. The van der Waals surface area contributed by atoms with Gasteiger partial charge in [-0.05, 0) is 38.2 Å². The van der Waals surface area contributed by atoms with E-state index in [1.807, 2.05) is 13.0 Å². The van der Waals surface area contributed by atoms with Crippen molar-refractivity contribution in [2.24, 2.45) is 5.92 Å². The standard InChI is InChI=1S/C19H21ClN2O3/c1-11-16(9-22-8-12-3-2-4-13(22)5-12)21-19(25-11)14-6-17-18(7-15(14)20)24-10-23-17/h6-7,12-13H,2-5,8-10H2,1H3/t12-,13+/m1/s1. The zero-order chi connectivity index (χ0) is 17.0. The van der Waals surface area contributed by atoms with Gasteiger partial charge in [0.1, 0.15) is 5.76 Å². The van der Waals surface area contributed by atoms with Gasteiger partial charge in [-0.15, -0.1) is 0 Å². The Balaban J connectivity index is 1.42. The summed E-state index contributed by atoms with van der Waals surface area (Å²) >= 11 is 6.40. The van der Waals surface area contributed by atoms with Crippen LogP contribution in [-0.2, 0) is 6.54 Å². The lowest BCUT2D eigenvalue weighted by Gasteiger charge is -2.23. The molecule has 2 fully saturated rings. The van der Waals surface area contributed by atoms with Crippen molar-refractivity contribution in [2.75, 3.05) is 13.3 Å². The minimum atomic E-state index is 0.225. The predicted molar refractivity (Wildman–Crippen MR) is 94.0 cm³/mol. The summed E-state index contributed by atoms with van der Waals surface area (Å²) in [7, 11) is 0. The quantitative estimate of drug-likeness (QED) is 0.811. The van der Waals surface area contributed by atoms with Crippen molar-refractivity contribution in [3.63, 3.8) is 0 Å². The smallest absolute Gasteiger partial charge is 0.231 e. The van der Waals surface area contributed by atoms with E-state index in [-0.39, 0.29) is 6.79 Å². The molecule has 0 radical (unpaired) electrons. The second-order valence-corrected chi connectivity index (χ2v) is 7.73. The molecule has 1 aromatic carbocycles. The van der Waals surface area contributed by atoms with E-state index in [4.69, 9.17) is 30.5 Å². The third kappa shape index (κ3) is 2.70. The molecule has 5 nitrogen and oxygen atoms in total. The van der Waals surface area contributed by atoms with Gasteiger partial charge in [-0.25, -0.2) is 4.98 Å². The summed E-state index contributed by atoms with van der Waals surface area (Å²) < 4.78 is 16.8. The number of oxazole rings is 1. The molecule has 0 N–H and O–H groups in total. The zero-order valence-corrected chi connectivity index (χ0v) is 15.0. The number of hydrogen-bond acceptors (Lipinski definition) is 5. The van der Waals surface area contributed by atoms with E-state index in [0.29, 0.717) is 28.5 Å². The molecular formula is C19H21ClN2O3. The fourth-order valence-corrected chi connectivity index (χ4v) is 4.63. The number of halogens is 1. The highest BCUT2D eigenvalue weighted by Gasteiger charge is 2.35. The molecule has 2 atom stereocenters. The van der Waals surface area contributed by atoms with Gasteiger partial charge < -0.3 is 13.9 Å². The van der Waals surface area contributed by atoms with Crippen molar-refractivity contribution in [3.05, 3.63) is 28.6 Å². The molecule has 2 bridgehead atoms. The molecule has 1 aliphatic carbocycles. The summed E-state index contributed by atoms with van der Waals surface area (Å²) in [6, 6.07) is 4.33. The molecule has 6 heteroatoms. The fraction of sp³-hybridized carbons (Fsp3) is 0.526. The van der Waals surface area contributed by atoms with Gasteiger partial charge in [-0.2, -0.15) is 0 Å². The van der Waals surface area contributed by atoms with Crippen LogP contribution in [0.15, 0.2) is 16.5 Å². The maximum Gasteiger partial charge on any atom is 0.231 e. The Hall–Kier alpha value is -1.72. The highest BCUT2D eigenvalue weighted by Crippen LogP contribution is 2.41. The molecule has 0 unspecified atom stereocenters. The van der Waals surface area contributed by atoms with E-state index in [1.54, 1.807) is 6.07 Å². The van der Waals surface area contributed by atoms with Crippen molar-refractivity contribution < 1.29 is 13.9 Å². The van der Waals surface area contributed by atoms with Gasteiger partial charge in [-0.1, -0.05) is 18.0 Å². The lowest BCUT2D eigenvalue weighted by Crippen LogP contribution is -2.28. The van der Waals surface area contributed by atoms with Crippen molar-refractivity contribution in [1.82, 2.24) is 9.88 Å². The number of benzene rings is 1. The molecule has 2 aliphatic heterocycles. The van der Waals surface area contributed by atoms with Gasteiger partial charge in [0.15, 0.2) is 11.5 Å². The van der Waals surface area contributed by atoms with Gasteiger partial charge in [0, 0.05) is 25.2 Å². The van der Waals surface area contributed by atoms with E-state index >= 15 is 0 Å². The predicted octanol–water partition coefficient (Wildman–Crippen LogP) is 4.41. The summed E-state index contributed by atoms with van der Waals surface area (Å²) in [6.07, 6.45) is 5.40. The molecular weight excluding hydrogens is 340 g/mol. The number of aromatic nitrogens is 1. The third-order valence-electron chi connectivity index (χ3n) is 5.70. The number of hydrogen-bond donors (Lipinski definition) is 0. The maximum absolute atomic E-state index is 6.40. The van der Waals surface area contributed by atoms with E-state index in [9.17, 15) is 0 Å². The van der Waals surface area contributed by atoms with Crippen LogP contribution >= 0.6 is 11.6 Å². The lowest BCUT2D eigenvalue weighted by molar-refractivity contribution is 0.174. The Morgan fingerprint density at radius 3 is 2.92 bits per heavy atom. The fourth-order valence-electron chi connectivity index (χ4n) is 4.40. The molecule has 3 aliphatic rings. The zero-order valence-electron chi connectivity index (χ0n) is 14.3. The first-order chi connectivity index (χ1) is 12.2. The lowest BCUT2D eigenvalue weighted by atomic mass is 9.90. The van der Waals surface area contributed by atoms with Crippen LogP contribution in [0.5, 0.6) is 11.5 Å². The Kier molecular flexibility index (Phi) is 3.68. The highest BCUT2D eigenvalue weighted by molar-refractivity contribution is 6.33. The minimum absolute atomic E-state index is 0.225. The number of rotatable bonds is 3. The average Bonchev–Trinajstić information content (AvgIpc) is 3.26. The van der Waals surface area contributed by atoms with Gasteiger partial charge in [0.05, 0.1) is 16.3 Å².